The Bertz CT molecular complexity index is 636. The smallest absolute Gasteiger partial charge is 0.129 e. The third-order valence-corrected chi connectivity index (χ3v) is 4.34. The van der Waals surface area contributed by atoms with E-state index in [1.807, 2.05) is 0 Å². The minimum atomic E-state index is 0.748. The van der Waals surface area contributed by atoms with Crippen LogP contribution in [0.3, 0.4) is 0 Å². The Morgan fingerprint density at radius 1 is 1.14 bits per heavy atom. The van der Waals surface area contributed by atoms with Gasteiger partial charge in [-0.05, 0) is 48.6 Å². The molecule has 21 heavy (non-hydrogen) atoms. The monoisotopic (exact) mass is 279 g/mol. The lowest BCUT2D eigenvalue weighted by Gasteiger charge is -2.18. The van der Waals surface area contributed by atoms with E-state index < -0.39 is 0 Å². The molecule has 1 N–H and O–H groups in total. The van der Waals surface area contributed by atoms with Gasteiger partial charge in [0.15, 0.2) is 0 Å². The summed E-state index contributed by atoms with van der Waals surface area (Å²) in [5.74, 6) is 1.11. The molecule has 3 heteroatoms. The van der Waals surface area contributed by atoms with Crippen LogP contribution in [0.2, 0.25) is 0 Å². The van der Waals surface area contributed by atoms with Gasteiger partial charge in [0.1, 0.15) is 5.82 Å². The summed E-state index contributed by atoms with van der Waals surface area (Å²) in [4.78, 5) is 7.11. The number of aromatic nitrogens is 1. The third-order valence-electron chi connectivity index (χ3n) is 4.34. The third kappa shape index (κ3) is 2.79. The number of rotatable bonds is 4. The minimum absolute atomic E-state index is 0.748. The predicted molar refractivity (Wildman–Crippen MR) is 85.2 cm³/mol. The Hall–Kier alpha value is -1.87. The summed E-state index contributed by atoms with van der Waals surface area (Å²) < 4.78 is 0. The van der Waals surface area contributed by atoms with E-state index in [9.17, 15) is 0 Å². The van der Waals surface area contributed by atoms with E-state index in [2.05, 4.69) is 53.5 Å². The van der Waals surface area contributed by atoms with Gasteiger partial charge in [-0.2, -0.15) is 0 Å². The van der Waals surface area contributed by atoms with Gasteiger partial charge >= 0.3 is 0 Å². The van der Waals surface area contributed by atoms with Gasteiger partial charge in [0, 0.05) is 31.4 Å². The van der Waals surface area contributed by atoms with Gasteiger partial charge in [0.2, 0.25) is 0 Å². The highest BCUT2D eigenvalue weighted by Gasteiger charge is 2.22. The Morgan fingerprint density at radius 2 is 1.86 bits per heavy atom. The molecule has 2 aliphatic rings. The number of nitrogens with zero attached hydrogens (tertiary/aromatic N) is 2. The molecule has 1 aromatic heterocycles. The van der Waals surface area contributed by atoms with Crippen LogP contribution in [-0.4, -0.2) is 11.0 Å². The Morgan fingerprint density at radius 3 is 2.52 bits per heavy atom. The molecule has 2 heterocycles. The fourth-order valence-electron chi connectivity index (χ4n) is 3.03. The van der Waals surface area contributed by atoms with E-state index >= 15 is 0 Å². The minimum Gasteiger partial charge on any atom is -0.348 e. The van der Waals surface area contributed by atoms with Gasteiger partial charge in [-0.3, -0.25) is 0 Å². The van der Waals surface area contributed by atoms with Crippen LogP contribution in [0.25, 0.3) is 0 Å². The van der Waals surface area contributed by atoms with Crippen molar-refractivity contribution in [1.29, 1.82) is 0 Å². The topological polar surface area (TPSA) is 28.2 Å². The number of hydrogen-bond acceptors (Lipinski definition) is 3. The van der Waals surface area contributed by atoms with Gasteiger partial charge in [-0.25, -0.2) is 4.98 Å². The maximum absolute atomic E-state index is 4.74. The van der Waals surface area contributed by atoms with Gasteiger partial charge in [-0.15, -0.1) is 0 Å². The molecule has 0 radical (unpaired) electrons. The van der Waals surface area contributed by atoms with Crippen molar-refractivity contribution >= 4 is 5.82 Å². The fraction of sp³-hybridized carbons (Fsp3) is 0.389. The second-order valence-electron chi connectivity index (χ2n) is 6.25. The average Bonchev–Trinajstić information content (AvgIpc) is 3.21. The van der Waals surface area contributed by atoms with Crippen LogP contribution >= 0.6 is 0 Å². The molecule has 0 saturated heterocycles. The van der Waals surface area contributed by atoms with Gasteiger partial charge in [-0.1, -0.05) is 24.3 Å². The van der Waals surface area contributed by atoms with Crippen molar-refractivity contribution in [3.63, 3.8) is 0 Å². The first-order valence-electron chi connectivity index (χ1n) is 7.80. The normalized spacial score (nSPS) is 17.1. The second kappa shape index (κ2) is 5.15. The Kier molecular flexibility index (Phi) is 3.15. The van der Waals surface area contributed by atoms with Gasteiger partial charge in [0.25, 0.3) is 0 Å². The highest BCUT2D eigenvalue weighted by molar-refractivity contribution is 5.49. The molecule has 108 valence electrons. The zero-order valence-corrected chi connectivity index (χ0v) is 12.5. The molecule has 1 aliphatic carbocycles. The lowest BCUT2D eigenvalue weighted by atomic mass is 10.1. The van der Waals surface area contributed by atoms with Crippen LogP contribution in [-0.2, 0) is 19.6 Å². The second-order valence-corrected chi connectivity index (χ2v) is 6.25. The van der Waals surface area contributed by atoms with E-state index in [-0.39, 0.29) is 0 Å². The van der Waals surface area contributed by atoms with Crippen LogP contribution in [0.4, 0.5) is 5.82 Å². The first kappa shape index (κ1) is 12.8. The van der Waals surface area contributed by atoms with E-state index in [1.165, 1.54) is 29.5 Å². The number of nitrogens with one attached hydrogen (secondary N) is 1. The fourth-order valence-corrected chi connectivity index (χ4v) is 3.03. The lowest BCUT2D eigenvalue weighted by Crippen LogP contribution is -2.19. The Labute approximate surface area is 126 Å². The van der Waals surface area contributed by atoms with Crippen molar-refractivity contribution in [3.8, 4) is 0 Å². The summed E-state index contributed by atoms with van der Waals surface area (Å²) in [5, 5.41) is 3.59. The summed E-state index contributed by atoms with van der Waals surface area (Å²) in [6, 6.07) is 13.9. The molecule has 3 nitrogen and oxygen atoms in total. The molecule has 1 fully saturated rings. The van der Waals surface area contributed by atoms with Gasteiger partial charge < -0.3 is 10.2 Å². The van der Waals surface area contributed by atoms with E-state index in [1.54, 1.807) is 0 Å². The molecule has 0 bridgehead atoms. The summed E-state index contributed by atoms with van der Waals surface area (Å²) >= 11 is 0. The highest BCUT2D eigenvalue weighted by Crippen LogP contribution is 2.28. The van der Waals surface area contributed by atoms with Crippen molar-refractivity contribution in [3.05, 3.63) is 58.8 Å². The summed E-state index contributed by atoms with van der Waals surface area (Å²) in [7, 11) is 0. The van der Waals surface area contributed by atoms with Crippen LogP contribution < -0.4 is 10.2 Å². The van der Waals surface area contributed by atoms with Crippen molar-refractivity contribution in [2.45, 2.75) is 45.4 Å². The van der Waals surface area contributed by atoms with Crippen molar-refractivity contribution in [2.24, 2.45) is 0 Å². The quantitative estimate of drug-likeness (QED) is 0.932. The van der Waals surface area contributed by atoms with E-state index in [0.717, 1.165) is 37.2 Å². The first-order valence-corrected chi connectivity index (χ1v) is 7.80. The van der Waals surface area contributed by atoms with Gasteiger partial charge in [0.05, 0.1) is 0 Å². The molecular formula is C18H21N3. The maximum Gasteiger partial charge on any atom is 0.129 e. The van der Waals surface area contributed by atoms with E-state index in [4.69, 9.17) is 4.98 Å². The van der Waals surface area contributed by atoms with Crippen LogP contribution in [0.5, 0.6) is 0 Å². The number of anilines is 1. The molecule has 0 amide bonds. The molecule has 1 saturated carbocycles. The number of benzene rings is 1. The molecule has 2 aromatic rings. The maximum atomic E-state index is 4.74. The summed E-state index contributed by atoms with van der Waals surface area (Å²) in [6.45, 7) is 5.00. The molecular weight excluding hydrogens is 258 g/mol. The van der Waals surface area contributed by atoms with Crippen LogP contribution in [0.15, 0.2) is 36.4 Å². The average molecular weight is 279 g/mol. The number of pyridine rings is 1. The molecule has 0 unspecified atom stereocenters. The lowest BCUT2D eigenvalue weighted by molar-refractivity contribution is 0.685. The molecule has 0 atom stereocenters. The van der Waals surface area contributed by atoms with Crippen molar-refractivity contribution in [1.82, 2.24) is 10.3 Å². The van der Waals surface area contributed by atoms with Crippen molar-refractivity contribution < 1.29 is 0 Å². The number of hydrogen-bond donors (Lipinski definition) is 1. The zero-order chi connectivity index (χ0) is 14.2. The molecule has 1 aromatic carbocycles. The summed E-state index contributed by atoms with van der Waals surface area (Å²) in [6.07, 6.45) is 2.66. The SMILES string of the molecule is Cc1cc(CNC2CC2)cc(N2Cc3ccccc3C2)n1. The number of aryl methyl sites for hydroxylation is 1. The van der Waals surface area contributed by atoms with Crippen molar-refractivity contribution in [2.75, 3.05) is 4.90 Å². The highest BCUT2D eigenvalue weighted by atomic mass is 15.2. The summed E-state index contributed by atoms with van der Waals surface area (Å²) in [5.41, 5.74) is 5.31. The standard InChI is InChI=1S/C18H21N3/c1-13-8-14(10-19-17-6-7-17)9-18(20-13)21-11-15-4-2-3-5-16(15)12-21/h2-5,8-9,17,19H,6-7,10-12H2,1H3. The molecule has 0 spiro atoms. The largest absolute Gasteiger partial charge is 0.348 e. The van der Waals surface area contributed by atoms with Crippen LogP contribution in [0.1, 0.15) is 35.2 Å². The Balaban J connectivity index is 1.54. The predicted octanol–water partition coefficient (Wildman–Crippen LogP) is 3.16. The van der Waals surface area contributed by atoms with E-state index in [0.29, 0.717) is 0 Å². The number of fused-ring (bicyclic) bond motifs is 1. The molecule has 4 rings (SSSR count). The zero-order valence-electron chi connectivity index (χ0n) is 12.5. The first-order chi connectivity index (χ1) is 10.3. The van der Waals surface area contributed by atoms with Crippen LogP contribution in [0, 0.1) is 6.92 Å². The molecule has 1 aliphatic heterocycles.